The predicted octanol–water partition coefficient (Wildman–Crippen LogP) is 3.63. The van der Waals surface area contributed by atoms with Crippen molar-refractivity contribution >= 4 is 34.6 Å². The van der Waals surface area contributed by atoms with Crippen molar-refractivity contribution in [3.8, 4) is 0 Å². The van der Waals surface area contributed by atoms with Crippen LogP contribution in [0.4, 0.5) is 5.69 Å². The molecule has 2 rings (SSSR count). The van der Waals surface area contributed by atoms with E-state index in [0.717, 1.165) is 9.77 Å². The number of rotatable bonds is 5. The average Bonchev–Trinajstić information content (AvgIpc) is 2.90. The highest BCUT2D eigenvalue weighted by Gasteiger charge is 2.08. The van der Waals surface area contributed by atoms with E-state index in [1.165, 1.54) is 35.2 Å². The lowest BCUT2D eigenvalue weighted by Crippen LogP contribution is -1.98. The van der Waals surface area contributed by atoms with E-state index in [-0.39, 0.29) is 11.5 Å². The second-order valence-electron chi connectivity index (χ2n) is 3.44. The number of nitro benzene ring substituents is 1. The number of benzene rings is 1. The largest absolute Gasteiger partial charge is 0.292 e. The van der Waals surface area contributed by atoms with Crippen LogP contribution in [0.15, 0.2) is 46.7 Å². The van der Waals surface area contributed by atoms with Gasteiger partial charge in [0.15, 0.2) is 5.78 Å². The van der Waals surface area contributed by atoms with E-state index in [0.29, 0.717) is 5.75 Å². The third kappa shape index (κ3) is 3.18. The molecule has 0 aliphatic carbocycles. The van der Waals surface area contributed by atoms with Crippen molar-refractivity contribution in [1.82, 2.24) is 0 Å². The van der Waals surface area contributed by atoms with Crippen molar-refractivity contribution in [2.45, 2.75) is 4.90 Å². The normalized spacial score (nSPS) is 10.2. The molecule has 1 heterocycles. The van der Waals surface area contributed by atoms with Crippen LogP contribution in [0.1, 0.15) is 9.67 Å². The summed E-state index contributed by atoms with van der Waals surface area (Å²) < 4.78 is 0. The van der Waals surface area contributed by atoms with Crippen LogP contribution in [0.2, 0.25) is 0 Å². The van der Waals surface area contributed by atoms with E-state index in [9.17, 15) is 14.9 Å². The Bertz CT molecular complexity index is 549. The molecule has 0 saturated heterocycles. The van der Waals surface area contributed by atoms with Crippen molar-refractivity contribution in [2.75, 3.05) is 5.75 Å². The summed E-state index contributed by atoms with van der Waals surface area (Å²) in [5, 5.41) is 12.3. The van der Waals surface area contributed by atoms with E-state index in [1.807, 2.05) is 11.4 Å². The van der Waals surface area contributed by atoms with Crippen molar-refractivity contribution in [2.24, 2.45) is 0 Å². The van der Waals surface area contributed by atoms with E-state index < -0.39 is 4.92 Å². The summed E-state index contributed by atoms with van der Waals surface area (Å²) in [6.45, 7) is 0. The number of thioether (sulfide) groups is 1. The van der Waals surface area contributed by atoms with Gasteiger partial charge in [0.25, 0.3) is 5.69 Å². The molecule has 0 aliphatic rings. The summed E-state index contributed by atoms with van der Waals surface area (Å²) in [4.78, 5) is 23.4. The molecule has 0 unspecified atom stereocenters. The SMILES string of the molecule is O=C(CSc1ccc([N+](=O)[O-])cc1)c1cccs1. The summed E-state index contributed by atoms with van der Waals surface area (Å²) in [7, 11) is 0. The summed E-state index contributed by atoms with van der Waals surface area (Å²) in [6, 6.07) is 9.84. The monoisotopic (exact) mass is 279 g/mol. The van der Waals surface area contributed by atoms with E-state index in [4.69, 9.17) is 0 Å². The highest BCUT2D eigenvalue weighted by molar-refractivity contribution is 8.00. The van der Waals surface area contributed by atoms with Crippen LogP contribution >= 0.6 is 23.1 Å². The van der Waals surface area contributed by atoms with E-state index in [2.05, 4.69) is 0 Å². The minimum Gasteiger partial charge on any atom is -0.292 e. The summed E-state index contributed by atoms with van der Waals surface area (Å²) in [5.74, 6) is 0.423. The van der Waals surface area contributed by atoms with E-state index in [1.54, 1.807) is 18.2 Å². The molecule has 0 atom stereocenters. The number of Topliss-reactive ketones (excluding diaryl/α,β-unsaturated/α-hetero) is 1. The summed E-state index contributed by atoms with van der Waals surface area (Å²) in [5.41, 5.74) is 0.0592. The molecule has 0 bridgehead atoms. The predicted molar refractivity (Wildman–Crippen MR) is 72.5 cm³/mol. The van der Waals surface area contributed by atoms with E-state index >= 15 is 0 Å². The van der Waals surface area contributed by atoms with Crippen LogP contribution in [0.5, 0.6) is 0 Å². The van der Waals surface area contributed by atoms with Crippen molar-refractivity contribution in [3.63, 3.8) is 0 Å². The fourth-order valence-electron chi connectivity index (χ4n) is 1.32. The van der Waals surface area contributed by atoms with Crippen LogP contribution < -0.4 is 0 Å². The van der Waals surface area contributed by atoms with Gasteiger partial charge in [-0.3, -0.25) is 14.9 Å². The number of non-ortho nitro benzene ring substituents is 1. The standard InChI is InChI=1S/C12H9NO3S2/c14-11(12-2-1-7-17-12)8-18-10-5-3-9(4-6-10)13(15)16/h1-7H,8H2. The topological polar surface area (TPSA) is 60.2 Å². The lowest BCUT2D eigenvalue weighted by molar-refractivity contribution is -0.384. The molecule has 0 fully saturated rings. The van der Waals surface area contributed by atoms with Crippen LogP contribution in [0.3, 0.4) is 0 Å². The van der Waals surface area contributed by atoms with Gasteiger partial charge >= 0.3 is 0 Å². The minimum atomic E-state index is -0.439. The maximum Gasteiger partial charge on any atom is 0.269 e. The van der Waals surface area contributed by atoms with Gasteiger partial charge in [-0.15, -0.1) is 23.1 Å². The number of ketones is 1. The first kappa shape index (κ1) is 12.8. The molecular formula is C12H9NO3S2. The van der Waals surface area contributed by atoms with Gasteiger partial charge in [0.1, 0.15) is 0 Å². The van der Waals surface area contributed by atoms with Gasteiger partial charge in [0.05, 0.1) is 15.6 Å². The molecule has 4 nitrogen and oxygen atoms in total. The Morgan fingerprint density at radius 3 is 2.56 bits per heavy atom. The molecule has 0 aliphatic heterocycles. The smallest absolute Gasteiger partial charge is 0.269 e. The molecule has 92 valence electrons. The maximum atomic E-state index is 11.7. The summed E-state index contributed by atoms with van der Waals surface area (Å²) >= 11 is 2.80. The zero-order valence-corrected chi connectivity index (χ0v) is 10.9. The Morgan fingerprint density at radius 1 is 1.28 bits per heavy atom. The molecule has 0 N–H and O–H groups in total. The Morgan fingerprint density at radius 2 is 2.00 bits per heavy atom. The van der Waals surface area contributed by atoms with Crippen LogP contribution in [0.25, 0.3) is 0 Å². The van der Waals surface area contributed by atoms with Crippen molar-refractivity contribution in [3.05, 3.63) is 56.8 Å². The Hall–Kier alpha value is -1.66. The lowest BCUT2D eigenvalue weighted by atomic mass is 10.3. The van der Waals surface area contributed by atoms with Crippen LogP contribution in [-0.4, -0.2) is 16.5 Å². The first-order chi connectivity index (χ1) is 8.66. The van der Waals surface area contributed by atoms with Gasteiger partial charge in [-0.05, 0) is 23.6 Å². The number of nitro groups is 1. The second-order valence-corrected chi connectivity index (χ2v) is 5.44. The number of nitrogens with zero attached hydrogens (tertiary/aromatic N) is 1. The first-order valence-corrected chi connectivity index (χ1v) is 6.97. The zero-order chi connectivity index (χ0) is 13.0. The van der Waals surface area contributed by atoms with Crippen LogP contribution in [0, 0.1) is 10.1 Å². The van der Waals surface area contributed by atoms with Crippen molar-refractivity contribution < 1.29 is 9.72 Å². The molecular weight excluding hydrogens is 270 g/mol. The average molecular weight is 279 g/mol. The highest BCUT2D eigenvalue weighted by atomic mass is 32.2. The number of carbonyl (C=O) groups excluding carboxylic acids is 1. The van der Waals surface area contributed by atoms with Gasteiger partial charge in [0.2, 0.25) is 0 Å². The van der Waals surface area contributed by atoms with Crippen molar-refractivity contribution in [1.29, 1.82) is 0 Å². The quantitative estimate of drug-likeness (QED) is 0.363. The second kappa shape index (κ2) is 5.79. The summed E-state index contributed by atoms with van der Waals surface area (Å²) in [6.07, 6.45) is 0. The molecule has 0 saturated carbocycles. The highest BCUT2D eigenvalue weighted by Crippen LogP contribution is 2.23. The molecule has 0 spiro atoms. The Labute approximate surface area is 112 Å². The molecule has 0 radical (unpaired) electrons. The van der Waals surface area contributed by atoms with Gasteiger partial charge < -0.3 is 0 Å². The molecule has 1 aromatic heterocycles. The molecule has 0 amide bonds. The van der Waals surface area contributed by atoms with Gasteiger partial charge in [0, 0.05) is 17.0 Å². The Kier molecular flexibility index (Phi) is 4.11. The molecule has 18 heavy (non-hydrogen) atoms. The fraction of sp³-hybridized carbons (Fsp3) is 0.0833. The van der Waals surface area contributed by atoms with Gasteiger partial charge in [-0.1, -0.05) is 6.07 Å². The third-order valence-corrected chi connectivity index (χ3v) is 4.14. The minimum absolute atomic E-state index is 0.0592. The number of thiophene rings is 1. The number of hydrogen-bond acceptors (Lipinski definition) is 5. The fourth-order valence-corrected chi connectivity index (χ4v) is 2.86. The number of carbonyl (C=O) groups is 1. The molecule has 2 aromatic rings. The van der Waals surface area contributed by atoms with Crippen LogP contribution in [-0.2, 0) is 0 Å². The molecule has 6 heteroatoms. The van der Waals surface area contributed by atoms with Gasteiger partial charge in [-0.2, -0.15) is 0 Å². The molecule has 1 aromatic carbocycles. The van der Waals surface area contributed by atoms with Gasteiger partial charge in [-0.25, -0.2) is 0 Å². The number of hydrogen-bond donors (Lipinski definition) is 0. The third-order valence-electron chi connectivity index (χ3n) is 2.21. The first-order valence-electron chi connectivity index (χ1n) is 5.11. The zero-order valence-electron chi connectivity index (χ0n) is 9.24. The Balaban J connectivity index is 1.94. The maximum absolute atomic E-state index is 11.7. The lowest BCUT2D eigenvalue weighted by Gasteiger charge is -1.99.